The second kappa shape index (κ2) is 13.1. The molecule has 8 heteroatoms. The number of rotatable bonds is 11. The van der Waals surface area contributed by atoms with Gasteiger partial charge in [-0.05, 0) is 42.8 Å². The fraction of sp³-hybridized carbons (Fsp3) is 0.259. The molecular weight excluding hydrogens is 462 g/mol. The minimum atomic E-state index is 0.474. The second-order valence-electron chi connectivity index (χ2n) is 7.64. The Morgan fingerprint density at radius 3 is 2.74 bits per heavy atom. The molecule has 0 saturated carbocycles. The monoisotopic (exact) mass is 489 g/mol. The summed E-state index contributed by atoms with van der Waals surface area (Å²) in [6.07, 6.45) is 11.8. The molecule has 3 rings (SSSR count). The molecule has 2 aromatic heterocycles. The summed E-state index contributed by atoms with van der Waals surface area (Å²) in [4.78, 5) is 15.1. The van der Waals surface area contributed by atoms with Crippen LogP contribution in [0.2, 0.25) is 5.02 Å². The molecule has 1 aromatic carbocycles. The smallest absolute Gasteiger partial charge is 0.168 e. The number of unbranched alkanes of at least 4 members (excludes halogenated alkanes) is 2. The molecule has 35 heavy (non-hydrogen) atoms. The lowest BCUT2D eigenvalue weighted by Crippen LogP contribution is -2.12. The lowest BCUT2D eigenvalue weighted by Gasteiger charge is -2.18. The zero-order chi connectivity index (χ0) is 25.0. The van der Waals surface area contributed by atoms with Crippen molar-refractivity contribution in [2.45, 2.75) is 26.2 Å². The molecule has 3 aromatic rings. The summed E-state index contributed by atoms with van der Waals surface area (Å²) in [6, 6.07) is 13.0. The predicted octanol–water partition coefficient (Wildman–Crippen LogP) is 6.76. The van der Waals surface area contributed by atoms with E-state index in [4.69, 9.17) is 26.3 Å². The largest absolute Gasteiger partial charge is 0.493 e. The minimum absolute atomic E-state index is 0.474. The van der Waals surface area contributed by atoms with Gasteiger partial charge >= 0.3 is 0 Å². The van der Waals surface area contributed by atoms with E-state index in [0.717, 1.165) is 24.8 Å². The van der Waals surface area contributed by atoms with Crippen LogP contribution in [0.4, 0.5) is 17.3 Å². The van der Waals surface area contributed by atoms with Crippen LogP contribution in [-0.2, 0) is 0 Å². The molecule has 180 valence electrons. The fourth-order valence-electron chi connectivity index (χ4n) is 3.31. The van der Waals surface area contributed by atoms with Crippen LogP contribution in [0.5, 0.6) is 11.5 Å². The van der Waals surface area contributed by atoms with Gasteiger partial charge in [0.2, 0.25) is 0 Å². The summed E-state index contributed by atoms with van der Waals surface area (Å²) in [7, 11) is 3.47. The number of methoxy groups -OCH3 is 1. The average molecular weight is 490 g/mol. The number of nitriles is 1. The van der Waals surface area contributed by atoms with Crippen LogP contribution in [-0.4, -0.2) is 36.9 Å². The maximum absolute atomic E-state index is 9.00. The van der Waals surface area contributed by atoms with Crippen LogP contribution in [0.1, 0.15) is 37.3 Å². The molecule has 0 saturated heterocycles. The molecule has 0 aliphatic rings. The third-order valence-electron chi connectivity index (χ3n) is 5.15. The van der Waals surface area contributed by atoms with Crippen LogP contribution in [0.15, 0.2) is 59.9 Å². The van der Waals surface area contributed by atoms with E-state index in [1.54, 1.807) is 42.6 Å². The van der Waals surface area contributed by atoms with Crippen molar-refractivity contribution in [2.24, 2.45) is 4.99 Å². The van der Waals surface area contributed by atoms with E-state index >= 15 is 0 Å². The maximum Gasteiger partial charge on any atom is 0.168 e. The number of anilines is 2. The van der Waals surface area contributed by atoms with Gasteiger partial charge in [0.25, 0.3) is 0 Å². The van der Waals surface area contributed by atoms with E-state index in [0.29, 0.717) is 46.0 Å². The first-order chi connectivity index (χ1) is 17.1. The third kappa shape index (κ3) is 7.05. The van der Waals surface area contributed by atoms with Gasteiger partial charge in [-0.25, -0.2) is 9.97 Å². The summed E-state index contributed by atoms with van der Waals surface area (Å²) in [5.74, 6) is 2.62. The summed E-state index contributed by atoms with van der Waals surface area (Å²) in [5, 5.41) is 9.47. The molecule has 0 amide bonds. The number of ether oxygens (including phenoxy) is 2. The number of aromatic nitrogens is 2. The Bertz CT molecular complexity index is 1220. The van der Waals surface area contributed by atoms with Gasteiger partial charge in [0.05, 0.1) is 24.3 Å². The number of aliphatic imine (C=N–C) groups is 1. The van der Waals surface area contributed by atoms with Crippen LogP contribution in [0.3, 0.4) is 0 Å². The fourth-order valence-corrected chi connectivity index (χ4v) is 3.46. The Morgan fingerprint density at radius 1 is 1.17 bits per heavy atom. The van der Waals surface area contributed by atoms with Gasteiger partial charge in [-0.1, -0.05) is 43.5 Å². The van der Waals surface area contributed by atoms with E-state index in [9.17, 15) is 0 Å². The zero-order valence-corrected chi connectivity index (χ0v) is 20.9. The average Bonchev–Trinajstić information content (AvgIpc) is 2.89. The Hall–Kier alpha value is -3.89. The topological polar surface area (TPSA) is 83.6 Å². The Labute approximate surface area is 211 Å². The highest BCUT2D eigenvalue weighted by atomic mass is 35.5. The molecule has 0 unspecified atom stereocenters. The minimum Gasteiger partial charge on any atom is -0.493 e. The highest BCUT2D eigenvalue weighted by Gasteiger charge is 2.13. The first kappa shape index (κ1) is 25.7. The molecule has 7 nitrogen and oxygen atoms in total. The van der Waals surface area contributed by atoms with Crippen molar-refractivity contribution in [1.82, 2.24) is 9.97 Å². The van der Waals surface area contributed by atoms with Crippen molar-refractivity contribution in [1.29, 1.82) is 5.26 Å². The number of halogens is 1. The number of nitrogens with zero attached hydrogens (tertiary/aromatic N) is 5. The van der Waals surface area contributed by atoms with Gasteiger partial charge in [0.1, 0.15) is 17.6 Å². The number of pyridine rings is 2. The number of hydrogen-bond donors (Lipinski definition) is 0. The van der Waals surface area contributed by atoms with E-state index in [1.165, 1.54) is 6.20 Å². The zero-order valence-electron chi connectivity index (χ0n) is 20.1. The molecular formula is C27H28ClN5O2. The molecule has 2 heterocycles. The first-order valence-electron chi connectivity index (χ1n) is 11.3. The molecule has 0 aliphatic carbocycles. The second-order valence-corrected chi connectivity index (χ2v) is 8.08. The van der Waals surface area contributed by atoms with Crippen LogP contribution >= 0.6 is 11.6 Å². The molecule has 0 aliphatic heterocycles. The maximum atomic E-state index is 9.00. The van der Waals surface area contributed by atoms with Gasteiger partial charge in [-0.15, -0.1) is 0 Å². The van der Waals surface area contributed by atoms with Crippen molar-refractivity contribution in [3.63, 3.8) is 0 Å². The Balaban J connectivity index is 1.81. The van der Waals surface area contributed by atoms with Crippen LogP contribution in [0, 0.1) is 11.3 Å². The van der Waals surface area contributed by atoms with E-state index in [-0.39, 0.29) is 0 Å². The van der Waals surface area contributed by atoms with Crippen LogP contribution in [0.25, 0.3) is 6.08 Å². The van der Waals surface area contributed by atoms with Gasteiger partial charge in [-0.3, -0.25) is 4.99 Å². The standard InChI is InChI=1S/C27H28ClN5O2/c1-4-5-6-15-35-26-21(9-7-11-24(26)34-3)10-8-14-30-23-16-22(28)19-32-27(23)33(2)25-13-12-20(17-29)18-31-25/h7-14,16,18-19H,4-6,15H2,1-3H3/b10-8+,30-14?. The summed E-state index contributed by atoms with van der Waals surface area (Å²) in [5.41, 5.74) is 1.97. The summed E-state index contributed by atoms with van der Waals surface area (Å²) in [6.45, 7) is 2.80. The molecule has 0 N–H and O–H groups in total. The highest BCUT2D eigenvalue weighted by molar-refractivity contribution is 6.30. The van der Waals surface area contributed by atoms with E-state index in [1.807, 2.05) is 37.4 Å². The Morgan fingerprint density at radius 2 is 2.03 bits per heavy atom. The summed E-state index contributed by atoms with van der Waals surface area (Å²) < 4.78 is 11.5. The lowest BCUT2D eigenvalue weighted by atomic mass is 10.1. The van der Waals surface area contributed by atoms with Crippen LogP contribution < -0.4 is 14.4 Å². The van der Waals surface area contributed by atoms with Gasteiger partial charge < -0.3 is 14.4 Å². The van der Waals surface area contributed by atoms with E-state index < -0.39 is 0 Å². The predicted molar refractivity (Wildman–Crippen MR) is 141 cm³/mol. The first-order valence-corrected chi connectivity index (χ1v) is 11.7. The third-order valence-corrected chi connectivity index (χ3v) is 5.36. The molecule has 0 fully saturated rings. The van der Waals surface area contributed by atoms with Crippen molar-refractivity contribution < 1.29 is 9.47 Å². The van der Waals surface area contributed by atoms with E-state index in [2.05, 4.69) is 28.0 Å². The number of allylic oxidation sites excluding steroid dienone is 1. The normalized spacial score (nSPS) is 11.1. The van der Waals surface area contributed by atoms with Crippen molar-refractivity contribution in [3.8, 4) is 17.6 Å². The van der Waals surface area contributed by atoms with Crippen molar-refractivity contribution >= 4 is 41.2 Å². The molecule has 0 radical (unpaired) electrons. The van der Waals surface area contributed by atoms with Gasteiger partial charge in [0.15, 0.2) is 17.3 Å². The Kier molecular flexibility index (Phi) is 9.64. The van der Waals surface area contributed by atoms with Crippen molar-refractivity contribution in [2.75, 3.05) is 25.7 Å². The number of hydrogen-bond acceptors (Lipinski definition) is 7. The van der Waals surface area contributed by atoms with Crippen molar-refractivity contribution in [3.05, 3.63) is 71.0 Å². The van der Waals surface area contributed by atoms with Gasteiger partial charge in [0, 0.05) is 31.2 Å². The quantitative estimate of drug-likeness (QED) is 0.218. The summed E-state index contributed by atoms with van der Waals surface area (Å²) >= 11 is 6.19. The lowest BCUT2D eigenvalue weighted by molar-refractivity contribution is 0.285. The van der Waals surface area contributed by atoms with Gasteiger partial charge in [-0.2, -0.15) is 5.26 Å². The molecule has 0 atom stereocenters. The SMILES string of the molecule is CCCCCOc1c(/C=C/C=Nc2cc(Cl)cnc2N(C)c2ccc(C#N)cn2)cccc1OC. The molecule has 0 spiro atoms. The number of benzene rings is 1. The number of para-hydroxylation sites is 1. The highest BCUT2D eigenvalue weighted by Crippen LogP contribution is 2.33. The molecule has 0 bridgehead atoms.